The third kappa shape index (κ3) is 1.78. The molecule has 4 aliphatic carbocycles. The topological polar surface area (TPSA) is 0 Å². The first-order valence-electron chi connectivity index (χ1n) is 7.57. The SMILES string of the molecule is FC(F)(F)C1=C/C(=C2\C[C@@H]3C[C@H]2[C@H]2CCC[C@@H]32)[CH+]C=C1. The zero-order chi connectivity index (χ0) is 13.9. The summed E-state index contributed by atoms with van der Waals surface area (Å²) >= 11 is 0. The molecule has 0 nitrogen and oxygen atoms in total. The zero-order valence-electron chi connectivity index (χ0n) is 11.3. The van der Waals surface area contributed by atoms with Gasteiger partial charge in [-0.1, -0.05) is 6.42 Å². The van der Waals surface area contributed by atoms with E-state index in [0.29, 0.717) is 5.92 Å². The standard InChI is InChI=1S/C17H18F3/c18-17(19,20)12-4-1-3-10(7-12)15-8-11-9-16(15)14-6-2-5-13(11)14/h1,3-4,7,11,13-14,16H,2,5-6,8-9H2/q+1/b15-10+/t11-,13+,14+,16+/m1/s1. The molecule has 3 heteroatoms. The molecule has 0 aromatic rings. The van der Waals surface area contributed by atoms with Crippen molar-refractivity contribution in [2.24, 2.45) is 23.7 Å². The fourth-order valence-electron chi connectivity index (χ4n) is 5.07. The minimum atomic E-state index is -4.23. The third-order valence-electron chi connectivity index (χ3n) is 5.79. The van der Waals surface area contributed by atoms with Gasteiger partial charge < -0.3 is 0 Å². The normalized spacial score (nSPS) is 42.6. The molecule has 0 saturated heterocycles. The minimum Gasteiger partial charge on any atom is -0.164 e. The van der Waals surface area contributed by atoms with Gasteiger partial charge in [0.25, 0.3) is 0 Å². The molecule has 2 bridgehead atoms. The highest BCUT2D eigenvalue weighted by Gasteiger charge is 2.54. The van der Waals surface area contributed by atoms with Gasteiger partial charge in [0.15, 0.2) is 0 Å². The number of halogens is 3. The third-order valence-corrected chi connectivity index (χ3v) is 5.79. The first kappa shape index (κ1) is 12.6. The highest BCUT2D eigenvalue weighted by atomic mass is 19.4. The Morgan fingerprint density at radius 2 is 1.95 bits per heavy atom. The predicted octanol–water partition coefficient (Wildman–Crippen LogP) is 5.00. The van der Waals surface area contributed by atoms with Crippen molar-refractivity contribution in [2.45, 2.75) is 38.3 Å². The van der Waals surface area contributed by atoms with Crippen LogP contribution < -0.4 is 0 Å². The van der Waals surface area contributed by atoms with E-state index in [2.05, 4.69) is 0 Å². The van der Waals surface area contributed by atoms with E-state index in [-0.39, 0.29) is 0 Å². The van der Waals surface area contributed by atoms with Crippen molar-refractivity contribution in [1.29, 1.82) is 0 Å². The molecule has 0 amide bonds. The minimum absolute atomic E-state index is 0.506. The molecule has 0 radical (unpaired) electrons. The lowest BCUT2D eigenvalue weighted by Gasteiger charge is -2.25. The summed E-state index contributed by atoms with van der Waals surface area (Å²) in [6.45, 7) is 0. The van der Waals surface area contributed by atoms with E-state index in [1.807, 2.05) is 6.42 Å². The Balaban J connectivity index is 1.68. The quantitative estimate of drug-likeness (QED) is 0.547. The van der Waals surface area contributed by atoms with Gasteiger partial charge in [-0.05, 0) is 37.0 Å². The average Bonchev–Trinajstić information content (AvgIpc) is 3.10. The van der Waals surface area contributed by atoms with E-state index in [4.69, 9.17) is 0 Å². The Bertz CT molecular complexity index is 521. The summed E-state index contributed by atoms with van der Waals surface area (Å²) in [6, 6.07) is 0. The number of hydrogen-bond acceptors (Lipinski definition) is 0. The second-order valence-corrected chi connectivity index (χ2v) is 6.67. The monoisotopic (exact) mass is 279 g/mol. The summed E-state index contributed by atoms with van der Waals surface area (Å²) in [4.78, 5) is 0. The molecule has 4 aliphatic rings. The summed E-state index contributed by atoms with van der Waals surface area (Å²) in [5.74, 6) is 2.95. The molecule has 3 saturated carbocycles. The summed E-state index contributed by atoms with van der Waals surface area (Å²) in [6.07, 6.45) is 7.94. The van der Waals surface area contributed by atoms with Crippen LogP contribution in [0.5, 0.6) is 0 Å². The average molecular weight is 279 g/mol. The van der Waals surface area contributed by atoms with Crippen molar-refractivity contribution in [3.05, 3.63) is 41.4 Å². The van der Waals surface area contributed by atoms with Gasteiger partial charge in [-0.3, -0.25) is 0 Å². The van der Waals surface area contributed by atoms with Crippen LogP contribution in [0.1, 0.15) is 32.1 Å². The molecular formula is C17H18F3+. The number of alkyl halides is 3. The molecule has 0 spiro atoms. The van der Waals surface area contributed by atoms with Gasteiger partial charge in [-0.15, -0.1) is 0 Å². The Morgan fingerprint density at radius 1 is 1.15 bits per heavy atom. The summed E-state index contributed by atoms with van der Waals surface area (Å²) in [7, 11) is 0. The van der Waals surface area contributed by atoms with Crippen LogP contribution in [0.3, 0.4) is 0 Å². The highest BCUT2D eigenvalue weighted by Crippen LogP contribution is 2.61. The van der Waals surface area contributed by atoms with E-state index in [0.717, 1.165) is 29.7 Å². The fraction of sp³-hybridized carbons (Fsp3) is 0.588. The van der Waals surface area contributed by atoms with Gasteiger partial charge in [-0.25, -0.2) is 0 Å². The summed E-state index contributed by atoms with van der Waals surface area (Å²) < 4.78 is 38.5. The molecule has 106 valence electrons. The smallest absolute Gasteiger partial charge is 0.164 e. The van der Waals surface area contributed by atoms with E-state index in [1.54, 1.807) is 6.08 Å². The van der Waals surface area contributed by atoms with Crippen molar-refractivity contribution in [1.82, 2.24) is 0 Å². The van der Waals surface area contributed by atoms with Crippen molar-refractivity contribution < 1.29 is 13.2 Å². The molecule has 0 N–H and O–H groups in total. The number of hydrogen-bond donors (Lipinski definition) is 0. The molecule has 0 heterocycles. The first-order valence-corrected chi connectivity index (χ1v) is 7.57. The van der Waals surface area contributed by atoms with Crippen LogP contribution in [0.25, 0.3) is 0 Å². The van der Waals surface area contributed by atoms with Gasteiger partial charge >= 0.3 is 6.18 Å². The lowest BCUT2D eigenvalue weighted by Crippen LogP contribution is -2.20. The predicted molar refractivity (Wildman–Crippen MR) is 71.6 cm³/mol. The fourth-order valence-corrected chi connectivity index (χ4v) is 5.07. The number of fused-ring (bicyclic) bond motifs is 5. The zero-order valence-corrected chi connectivity index (χ0v) is 11.3. The Kier molecular flexibility index (Phi) is 2.64. The van der Waals surface area contributed by atoms with Crippen LogP contribution in [0.2, 0.25) is 0 Å². The van der Waals surface area contributed by atoms with E-state index < -0.39 is 11.7 Å². The van der Waals surface area contributed by atoms with E-state index in [9.17, 15) is 13.2 Å². The van der Waals surface area contributed by atoms with Crippen molar-refractivity contribution in [3.8, 4) is 0 Å². The van der Waals surface area contributed by atoms with Crippen LogP contribution in [0, 0.1) is 30.1 Å². The number of allylic oxidation sites excluding steroid dienone is 6. The van der Waals surface area contributed by atoms with Crippen LogP contribution >= 0.6 is 0 Å². The Hall–Kier alpha value is -1.12. The van der Waals surface area contributed by atoms with Crippen LogP contribution in [-0.4, -0.2) is 6.18 Å². The van der Waals surface area contributed by atoms with Gasteiger partial charge in [0, 0.05) is 42.6 Å². The van der Waals surface area contributed by atoms with Crippen molar-refractivity contribution in [3.63, 3.8) is 0 Å². The molecule has 0 aromatic heterocycles. The molecule has 0 aliphatic heterocycles. The van der Waals surface area contributed by atoms with E-state index in [1.165, 1.54) is 43.4 Å². The lowest BCUT2D eigenvalue weighted by molar-refractivity contribution is -0.0883. The second-order valence-electron chi connectivity index (χ2n) is 6.67. The maximum atomic E-state index is 12.8. The number of rotatable bonds is 0. The molecular weight excluding hydrogens is 261 g/mol. The Morgan fingerprint density at radius 3 is 2.75 bits per heavy atom. The molecule has 20 heavy (non-hydrogen) atoms. The van der Waals surface area contributed by atoms with Crippen LogP contribution in [0.4, 0.5) is 13.2 Å². The molecule has 4 rings (SSSR count). The molecule has 4 atom stereocenters. The van der Waals surface area contributed by atoms with Crippen molar-refractivity contribution in [2.75, 3.05) is 0 Å². The van der Waals surface area contributed by atoms with Crippen LogP contribution in [0.15, 0.2) is 34.9 Å². The molecule has 0 aromatic carbocycles. The van der Waals surface area contributed by atoms with Gasteiger partial charge in [0.1, 0.15) is 5.57 Å². The molecule has 3 fully saturated rings. The van der Waals surface area contributed by atoms with E-state index >= 15 is 0 Å². The van der Waals surface area contributed by atoms with Gasteiger partial charge in [-0.2, -0.15) is 13.2 Å². The summed E-state index contributed by atoms with van der Waals surface area (Å²) in [5, 5.41) is 0. The second kappa shape index (κ2) is 4.19. The first-order chi connectivity index (χ1) is 9.54. The van der Waals surface area contributed by atoms with Crippen LogP contribution in [-0.2, 0) is 0 Å². The largest absolute Gasteiger partial charge is 0.434 e. The highest BCUT2D eigenvalue weighted by molar-refractivity contribution is 5.49. The summed E-state index contributed by atoms with van der Waals surface area (Å²) in [5.41, 5.74) is 1.65. The van der Waals surface area contributed by atoms with Crippen molar-refractivity contribution >= 4 is 0 Å². The Labute approximate surface area is 117 Å². The van der Waals surface area contributed by atoms with Gasteiger partial charge in [0.05, 0.1) is 5.57 Å². The van der Waals surface area contributed by atoms with Gasteiger partial charge in [0.2, 0.25) is 0 Å². The lowest BCUT2D eigenvalue weighted by atomic mass is 9.76. The maximum absolute atomic E-state index is 12.8. The molecule has 0 unspecified atom stereocenters. The maximum Gasteiger partial charge on any atom is 0.434 e.